The van der Waals surface area contributed by atoms with Gasteiger partial charge < -0.3 is 15.3 Å². The number of benzene rings is 2. The number of carbonyl (C=O) groups is 1. The van der Waals surface area contributed by atoms with E-state index in [4.69, 9.17) is 0 Å². The molecule has 2 aromatic carbocycles. The standard InChI is InChI=1S/C28H31FN4O3/c29-23-11-5-4-10-22(23)24-16-25(34)33(20-31-24)19-28(36)14-15-32(18-27(28)12-6-7-13-27)26(35)30-17-21-8-2-1-3-9-21/h1-5,8-11,16,20,36H,6-7,12-15,17-19H2,(H,30,35). The maximum absolute atomic E-state index is 14.2. The summed E-state index contributed by atoms with van der Waals surface area (Å²) in [6, 6.07) is 17.1. The molecule has 2 aliphatic rings. The Bertz CT molecular complexity index is 1290. The van der Waals surface area contributed by atoms with Gasteiger partial charge in [-0.3, -0.25) is 9.36 Å². The molecular weight excluding hydrogens is 459 g/mol. The SMILES string of the molecule is O=C(NCc1ccccc1)N1CCC(O)(Cn2cnc(-c3ccccc3F)cc2=O)C2(CCCC2)C1. The number of urea groups is 1. The summed E-state index contributed by atoms with van der Waals surface area (Å²) in [6.45, 7) is 1.38. The second-order valence-electron chi connectivity index (χ2n) is 10.1. The van der Waals surface area contributed by atoms with Gasteiger partial charge in [0, 0.05) is 36.7 Å². The third-order valence-corrected chi connectivity index (χ3v) is 7.87. The van der Waals surface area contributed by atoms with Gasteiger partial charge in [0.15, 0.2) is 0 Å². The van der Waals surface area contributed by atoms with Crippen LogP contribution in [0.25, 0.3) is 11.3 Å². The van der Waals surface area contributed by atoms with Crippen molar-refractivity contribution in [3.63, 3.8) is 0 Å². The topological polar surface area (TPSA) is 87.5 Å². The van der Waals surface area contributed by atoms with Gasteiger partial charge in [0.1, 0.15) is 5.82 Å². The zero-order valence-electron chi connectivity index (χ0n) is 20.2. The van der Waals surface area contributed by atoms with Crippen LogP contribution in [0.3, 0.4) is 0 Å². The minimum absolute atomic E-state index is 0.0931. The molecule has 0 bridgehead atoms. The van der Waals surface area contributed by atoms with Crippen LogP contribution in [0.15, 0.2) is 71.8 Å². The van der Waals surface area contributed by atoms with Crippen molar-refractivity contribution >= 4 is 6.03 Å². The molecule has 1 aromatic heterocycles. The third kappa shape index (κ3) is 4.65. The molecular formula is C28H31FN4O3. The van der Waals surface area contributed by atoms with Crippen LogP contribution in [0, 0.1) is 11.2 Å². The fraction of sp³-hybridized carbons (Fsp3) is 0.393. The Morgan fingerprint density at radius 2 is 1.78 bits per heavy atom. The van der Waals surface area contributed by atoms with Crippen LogP contribution in [0.1, 0.15) is 37.7 Å². The van der Waals surface area contributed by atoms with Crippen LogP contribution in [-0.4, -0.2) is 44.3 Å². The maximum Gasteiger partial charge on any atom is 0.317 e. The van der Waals surface area contributed by atoms with E-state index in [-0.39, 0.29) is 29.4 Å². The van der Waals surface area contributed by atoms with Gasteiger partial charge in [-0.25, -0.2) is 14.2 Å². The summed E-state index contributed by atoms with van der Waals surface area (Å²) in [4.78, 5) is 32.0. The highest BCUT2D eigenvalue weighted by Crippen LogP contribution is 2.51. The number of nitrogens with zero attached hydrogens (tertiary/aromatic N) is 3. The highest BCUT2D eigenvalue weighted by molar-refractivity contribution is 5.74. The fourth-order valence-corrected chi connectivity index (χ4v) is 5.80. The van der Waals surface area contributed by atoms with E-state index in [9.17, 15) is 19.1 Å². The Hall–Kier alpha value is -3.52. The predicted octanol–water partition coefficient (Wildman–Crippen LogP) is 3.96. The first-order chi connectivity index (χ1) is 17.4. The lowest BCUT2D eigenvalue weighted by atomic mass is 9.66. The second kappa shape index (κ2) is 9.85. The summed E-state index contributed by atoms with van der Waals surface area (Å²) in [5, 5.41) is 14.9. The predicted molar refractivity (Wildman–Crippen MR) is 135 cm³/mol. The van der Waals surface area contributed by atoms with Gasteiger partial charge in [0.25, 0.3) is 5.56 Å². The molecule has 1 aliphatic carbocycles. The molecule has 2 amide bonds. The third-order valence-electron chi connectivity index (χ3n) is 7.87. The van der Waals surface area contributed by atoms with Crippen LogP contribution >= 0.6 is 0 Å². The first kappa shape index (κ1) is 24.2. The molecule has 1 aliphatic heterocycles. The average Bonchev–Trinajstić information content (AvgIpc) is 3.36. The molecule has 2 N–H and O–H groups in total. The van der Waals surface area contributed by atoms with E-state index < -0.39 is 16.8 Å². The van der Waals surface area contributed by atoms with Crippen LogP contribution in [0.5, 0.6) is 0 Å². The van der Waals surface area contributed by atoms with Crippen molar-refractivity contribution in [1.29, 1.82) is 0 Å². The number of likely N-dealkylation sites (tertiary alicyclic amines) is 1. The van der Waals surface area contributed by atoms with E-state index in [1.54, 1.807) is 23.1 Å². The van der Waals surface area contributed by atoms with Crippen molar-refractivity contribution in [2.75, 3.05) is 13.1 Å². The summed E-state index contributed by atoms with van der Waals surface area (Å²) in [5.74, 6) is -0.441. The van der Waals surface area contributed by atoms with Gasteiger partial charge in [0.05, 0.1) is 24.2 Å². The number of hydrogen-bond donors (Lipinski definition) is 2. The van der Waals surface area contributed by atoms with Crippen molar-refractivity contribution < 1.29 is 14.3 Å². The normalized spacial score (nSPS) is 21.0. The van der Waals surface area contributed by atoms with Crippen molar-refractivity contribution in [2.24, 2.45) is 5.41 Å². The summed E-state index contributed by atoms with van der Waals surface area (Å²) in [5.41, 5.74) is -0.415. The zero-order valence-corrected chi connectivity index (χ0v) is 20.2. The Labute approximate surface area is 209 Å². The zero-order chi connectivity index (χ0) is 25.2. The smallest absolute Gasteiger partial charge is 0.317 e. The molecule has 1 atom stereocenters. The molecule has 1 spiro atoms. The molecule has 1 unspecified atom stereocenters. The fourth-order valence-electron chi connectivity index (χ4n) is 5.80. The summed E-state index contributed by atoms with van der Waals surface area (Å²) in [6.07, 6.45) is 5.29. The van der Waals surface area contributed by atoms with Crippen LogP contribution in [0.2, 0.25) is 0 Å². The summed E-state index contributed by atoms with van der Waals surface area (Å²) >= 11 is 0. The number of hydrogen-bond acceptors (Lipinski definition) is 4. The minimum Gasteiger partial charge on any atom is -0.387 e. The van der Waals surface area contributed by atoms with Crippen molar-refractivity contribution in [2.45, 2.75) is 50.8 Å². The largest absolute Gasteiger partial charge is 0.387 e. The van der Waals surface area contributed by atoms with E-state index in [2.05, 4.69) is 10.3 Å². The molecule has 1 saturated heterocycles. The molecule has 2 fully saturated rings. The number of piperidine rings is 1. The molecule has 5 rings (SSSR count). The minimum atomic E-state index is -1.15. The Morgan fingerprint density at radius 1 is 1.06 bits per heavy atom. The van der Waals surface area contributed by atoms with Crippen molar-refractivity contribution in [3.05, 3.63) is 88.7 Å². The Balaban J connectivity index is 1.32. The Morgan fingerprint density at radius 3 is 2.50 bits per heavy atom. The van der Waals surface area contributed by atoms with Gasteiger partial charge in [-0.05, 0) is 37.0 Å². The van der Waals surface area contributed by atoms with E-state index in [1.165, 1.54) is 23.0 Å². The maximum atomic E-state index is 14.2. The molecule has 3 aromatic rings. The molecule has 8 heteroatoms. The molecule has 36 heavy (non-hydrogen) atoms. The Kier molecular flexibility index (Phi) is 6.62. The first-order valence-electron chi connectivity index (χ1n) is 12.5. The molecule has 0 radical (unpaired) electrons. The van der Waals surface area contributed by atoms with Crippen molar-refractivity contribution in [3.8, 4) is 11.3 Å². The molecule has 1 saturated carbocycles. The van der Waals surface area contributed by atoms with Crippen LogP contribution < -0.4 is 10.9 Å². The van der Waals surface area contributed by atoms with E-state index in [1.807, 2.05) is 30.3 Å². The van der Waals surface area contributed by atoms with Gasteiger partial charge in [-0.1, -0.05) is 55.3 Å². The van der Waals surface area contributed by atoms with E-state index >= 15 is 0 Å². The van der Waals surface area contributed by atoms with E-state index in [0.29, 0.717) is 26.1 Å². The van der Waals surface area contributed by atoms with Gasteiger partial charge in [-0.2, -0.15) is 0 Å². The van der Waals surface area contributed by atoms with Crippen LogP contribution in [0.4, 0.5) is 9.18 Å². The average molecular weight is 491 g/mol. The summed E-state index contributed by atoms with van der Waals surface area (Å²) < 4.78 is 15.6. The number of amides is 2. The lowest BCUT2D eigenvalue weighted by Crippen LogP contribution is -2.63. The van der Waals surface area contributed by atoms with Crippen molar-refractivity contribution in [1.82, 2.24) is 19.8 Å². The highest BCUT2D eigenvalue weighted by atomic mass is 19.1. The lowest BCUT2D eigenvalue weighted by molar-refractivity contribution is -0.135. The van der Waals surface area contributed by atoms with Gasteiger partial charge in [-0.15, -0.1) is 0 Å². The second-order valence-corrected chi connectivity index (χ2v) is 10.1. The lowest BCUT2D eigenvalue weighted by Gasteiger charge is -2.52. The molecule has 2 heterocycles. The highest BCUT2D eigenvalue weighted by Gasteiger charge is 2.55. The number of carbonyl (C=O) groups excluding carboxylic acids is 1. The first-order valence-corrected chi connectivity index (χ1v) is 12.5. The number of aromatic nitrogens is 2. The van der Waals surface area contributed by atoms with Crippen LogP contribution in [-0.2, 0) is 13.1 Å². The number of nitrogens with one attached hydrogen (secondary N) is 1. The van der Waals surface area contributed by atoms with Gasteiger partial charge in [0.2, 0.25) is 0 Å². The number of halogens is 1. The monoisotopic (exact) mass is 490 g/mol. The molecule has 7 nitrogen and oxygen atoms in total. The van der Waals surface area contributed by atoms with E-state index in [0.717, 1.165) is 31.2 Å². The molecule has 188 valence electrons. The quantitative estimate of drug-likeness (QED) is 0.567. The summed E-state index contributed by atoms with van der Waals surface area (Å²) in [7, 11) is 0. The van der Waals surface area contributed by atoms with Gasteiger partial charge >= 0.3 is 6.03 Å². The number of rotatable bonds is 5. The number of aliphatic hydroxyl groups is 1.